The van der Waals surface area contributed by atoms with Gasteiger partial charge >= 0.3 is 0 Å². The van der Waals surface area contributed by atoms with Crippen LogP contribution in [0.5, 0.6) is 5.75 Å². The molecule has 5 heteroatoms. The van der Waals surface area contributed by atoms with Crippen LogP contribution < -0.4 is 14.2 Å². The standard InChI is InChI=1S/C26H26ClN2OS/c1-4-28-16-15-19(22-17-20(27)11-13-23(22)28)9-7-6-8-10-26-29(5-2)24-18-21(30-3)12-14-25(24)31-26/h6-18H,4-5H2,1-3H3/q+1. The zero-order valence-corrected chi connectivity index (χ0v) is 19.6. The third-order valence-corrected chi connectivity index (χ3v) is 6.71. The summed E-state index contributed by atoms with van der Waals surface area (Å²) in [7, 11) is 1.71. The fourth-order valence-electron chi connectivity index (χ4n) is 3.77. The average molecular weight is 450 g/mol. The fourth-order valence-corrected chi connectivity index (χ4v) is 5.06. The average Bonchev–Trinajstić information content (AvgIpc) is 3.15. The zero-order chi connectivity index (χ0) is 21.8. The van der Waals surface area contributed by atoms with Crippen molar-refractivity contribution in [3.05, 3.63) is 88.6 Å². The van der Waals surface area contributed by atoms with Crippen molar-refractivity contribution in [3.63, 3.8) is 0 Å². The molecule has 158 valence electrons. The molecule has 0 saturated carbocycles. The number of anilines is 1. The maximum absolute atomic E-state index is 6.26. The van der Waals surface area contributed by atoms with E-state index in [9.17, 15) is 0 Å². The Labute approximate surface area is 193 Å². The molecule has 2 heterocycles. The number of halogens is 1. The predicted molar refractivity (Wildman–Crippen MR) is 133 cm³/mol. The normalized spacial score (nSPS) is 15.0. The van der Waals surface area contributed by atoms with E-state index in [1.807, 2.05) is 18.2 Å². The molecule has 0 fully saturated rings. The van der Waals surface area contributed by atoms with E-state index in [-0.39, 0.29) is 0 Å². The van der Waals surface area contributed by atoms with Crippen LogP contribution in [0.4, 0.5) is 5.69 Å². The smallest absolute Gasteiger partial charge is 0.213 e. The van der Waals surface area contributed by atoms with Crippen LogP contribution in [0.1, 0.15) is 19.4 Å². The minimum absolute atomic E-state index is 0.755. The molecule has 0 aliphatic carbocycles. The largest absolute Gasteiger partial charge is 0.497 e. The van der Waals surface area contributed by atoms with Crippen molar-refractivity contribution < 1.29 is 9.30 Å². The van der Waals surface area contributed by atoms with Crippen molar-refractivity contribution in [2.75, 3.05) is 18.6 Å². The highest BCUT2D eigenvalue weighted by Crippen LogP contribution is 2.47. The van der Waals surface area contributed by atoms with Gasteiger partial charge in [-0.1, -0.05) is 47.7 Å². The van der Waals surface area contributed by atoms with Gasteiger partial charge in [0.1, 0.15) is 12.3 Å². The summed E-state index contributed by atoms with van der Waals surface area (Å²) < 4.78 is 7.62. The van der Waals surface area contributed by atoms with Gasteiger partial charge in [0.25, 0.3) is 0 Å². The SMILES string of the molecule is CCN1C(=CC=CC=Cc2cc[n+](CC)c3ccc(Cl)cc23)Sc2ccc(OC)cc21. The highest BCUT2D eigenvalue weighted by atomic mass is 35.5. The lowest BCUT2D eigenvalue weighted by Crippen LogP contribution is -2.32. The van der Waals surface area contributed by atoms with Gasteiger partial charge in [-0.2, -0.15) is 4.57 Å². The van der Waals surface area contributed by atoms with Crippen LogP contribution in [0.15, 0.2) is 82.9 Å². The Balaban J connectivity index is 1.54. The van der Waals surface area contributed by atoms with Gasteiger partial charge in [-0.25, -0.2) is 0 Å². The molecule has 1 aromatic heterocycles. The Morgan fingerprint density at radius 3 is 2.71 bits per heavy atom. The second kappa shape index (κ2) is 9.63. The summed E-state index contributed by atoms with van der Waals surface area (Å²) in [4.78, 5) is 3.57. The molecule has 0 spiro atoms. The molecule has 0 unspecified atom stereocenters. The Morgan fingerprint density at radius 2 is 1.94 bits per heavy atom. The van der Waals surface area contributed by atoms with Gasteiger partial charge in [-0.3, -0.25) is 0 Å². The Bertz CT molecular complexity index is 1200. The van der Waals surface area contributed by atoms with E-state index in [0.717, 1.165) is 34.8 Å². The number of methoxy groups -OCH3 is 1. The summed E-state index contributed by atoms with van der Waals surface area (Å²) in [6.07, 6.45) is 12.7. The Hall–Kier alpha value is -2.69. The van der Waals surface area contributed by atoms with E-state index in [4.69, 9.17) is 16.3 Å². The van der Waals surface area contributed by atoms with E-state index >= 15 is 0 Å². The van der Waals surface area contributed by atoms with E-state index in [1.165, 1.54) is 21.1 Å². The minimum Gasteiger partial charge on any atom is -0.497 e. The molecular formula is C26H26ClN2OS+. The van der Waals surface area contributed by atoms with Crippen LogP contribution in [-0.2, 0) is 6.54 Å². The van der Waals surface area contributed by atoms with Gasteiger partial charge < -0.3 is 9.64 Å². The number of benzene rings is 2. The van der Waals surface area contributed by atoms with Crippen LogP contribution in [0.3, 0.4) is 0 Å². The number of aryl methyl sites for hydroxylation is 1. The van der Waals surface area contributed by atoms with Gasteiger partial charge in [0.05, 0.1) is 23.2 Å². The van der Waals surface area contributed by atoms with Crippen LogP contribution in [-0.4, -0.2) is 13.7 Å². The molecule has 2 aromatic carbocycles. The molecule has 3 nitrogen and oxygen atoms in total. The molecule has 0 amide bonds. The number of nitrogens with zero attached hydrogens (tertiary/aromatic N) is 2. The topological polar surface area (TPSA) is 16.4 Å². The first kappa shape index (κ1) is 21.5. The first-order valence-electron chi connectivity index (χ1n) is 10.4. The molecule has 1 aliphatic rings. The number of rotatable bonds is 6. The first-order chi connectivity index (χ1) is 15.1. The lowest BCUT2D eigenvalue weighted by Gasteiger charge is -2.18. The third-order valence-electron chi connectivity index (χ3n) is 5.34. The number of allylic oxidation sites excluding steroid dienone is 4. The van der Waals surface area contributed by atoms with Crippen molar-refractivity contribution >= 4 is 46.0 Å². The van der Waals surface area contributed by atoms with Crippen molar-refractivity contribution in [1.82, 2.24) is 0 Å². The van der Waals surface area contributed by atoms with Crippen molar-refractivity contribution in [1.29, 1.82) is 0 Å². The second-order valence-electron chi connectivity index (χ2n) is 7.15. The van der Waals surface area contributed by atoms with Crippen molar-refractivity contribution in [2.24, 2.45) is 0 Å². The zero-order valence-electron chi connectivity index (χ0n) is 18.0. The monoisotopic (exact) mass is 449 g/mol. The summed E-state index contributed by atoms with van der Waals surface area (Å²) in [6, 6.07) is 14.4. The minimum atomic E-state index is 0.755. The number of hydrogen-bond acceptors (Lipinski definition) is 3. The number of aromatic nitrogens is 1. The summed E-state index contributed by atoms with van der Waals surface area (Å²) in [5.41, 5.74) is 3.55. The molecule has 31 heavy (non-hydrogen) atoms. The van der Waals surface area contributed by atoms with E-state index in [0.29, 0.717) is 0 Å². The quantitative estimate of drug-likeness (QED) is 0.302. The molecule has 0 radical (unpaired) electrons. The third kappa shape index (κ3) is 4.51. The summed E-state index contributed by atoms with van der Waals surface area (Å²) >= 11 is 8.05. The van der Waals surface area contributed by atoms with Crippen LogP contribution >= 0.6 is 23.4 Å². The Morgan fingerprint density at radius 1 is 1.06 bits per heavy atom. The number of fused-ring (bicyclic) bond motifs is 2. The van der Waals surface area contributed by atoms with Crippen LogP contribution in [0, 0.1) is 0 Å². The van der Waals surface area contributed by atoms with Crippen molar-refractivity contribution in [2.45, 2.75) is 25.3 Å². The number of hydrogen-bond donors (Lipinski definition) is 0. The van der Waals surface area contributed by atoms with E-state index < -0.39 is 0 Å². The first-order valence-corrected chi connectivity index (χ1v) is 11.6. The molecule has 0 bridgehead atoms. The maximum Gasteiger partial charge on any atom is 0.213 e. The molecule has 1 aliphatic heterocycles. The van der Waals surface area contributed by atoms with Gasteiger partial charge in [0, 0.05) is 34.7 Å². The number of thioether (sulfide) groups is 1. The van der Waals surface area contributed by atoms with E-state index in [2.05, 4.69) is 84.2 Å². The summed E-state index contributed by atoms with van der Waals surface area (Å²) in [6.45, 7) is 6.15. The summed E-state index contributed by atoms with van der Waals surface area (Å²) in [5.74, 6) is 0.886. The summed E-state index contributed by atoms with van der Waals surface area (Å²) in [5, 5.41) is 3.13. The van der Waals surface area contributed by atoms with Gasteiger partial charge in [-0.05, 0) is 49.8 Å². The Kier molecular flexibility index (Phi) is 6.69. The predicted octanol–water partition coefficient (Wildman–Crippen LogP) is 6.85. The maximum atomic E-state index is 6.26. The number of pyridine rings is 1. The molecule has 0 saturated heterocycles. The van der Waals surface area contributed by atoms with Gasteiger partial charge in [0.15, 0.2) is 6.20 Å². The molecule has 0 atom stereocenters. The van der Waals surface area contributed by atoms with Crippen molar-refractivity contribution in [3.8, 4) is 5.75 Å². The van der Waals surface area contributed by atoms with Gasteiger partial charge in [-0.15, -0.1) is 0 Å². The van der Waals surface area contributed by atoms with Crippen LogP contribution in [0.2, 0.25) is 5.02 Å². The highest BCUT2D eigenvalue weighted by Gasteiger charge is 2.23. The lowest BCUT2D eigenvalue weighted by atomic mass is 10.1. The molecule has 4 rings (SSSR count). The number of ether oxygens (including phenoxy) is 1. The van der Waals surface area contributed by atoms with Gasteiger partial charge in [0.2, 0.25) is 5.52 Å². The van der Waals surface area contributed by atoms with E-state index in [1.54, 1.807) is 18.9 Å². The lowest BCUT2D eigenvalue weighted by molar-refractivity contribution is -0.667. The molecule has 3 aromatic rings. The highest BCUT2D eigenvalue weighted by molar-refractivity contribution is 8.03. The van der Waals surface area contributed by atoms with Crippen LogP contribution in [0.25, 0.3) is 17.0 Å². The second-order valence-corrected chi connectivity index (χ2v) is 8.65. The molecular weight excluding hydrogens is 424 g/mol. The fraction of sp³-hybridized carbons (Fsp3) is 0.192. The molecule has 0 N–H and O–H groups in total.